The minimum atomic E-state index is 0.0915. The van der Waals surface area contributed by atoms with E-state index in [1.807, 2.05) is 4.90 Å². The summed E-state index contributed by atoms with van der Waals surface area (Å²) in [6, 6.07) is 0. The number of hydrogen-bond acceptors (Lipinski definition) is 5. The number of amides is 1. The number of fused-ring (bicyclic) bond motifs is 1. The van der Waals surface area contributed by atoms with Gasteiger partial charge in [-0.2, -0.15) is 0 Å². The van der Waals surface area contributed by atoms with E-state index in [0.29, 0.717) is 19.1 Å². The molecule has 124 valence electrons. The van der Waals surface area contributed by atoms with E-state index in [2.05, 4.69) is 14.9 Å². The van der Waals surface area contributed by atoms with Crippen molar-refractivity contribution in [3.05, 3.63) is 17.6 Å². The number of rotatable bonds is 2. The number of hydrogen-bond donors (Lipinski definition) is 0. The summed E-state index contributed by atoms with van der Waals surface area (Å²) in [5.41, 5.74) is 2.52. The van der Waals surface area contributed by atoms with Gasteiger partial charge in [-0.25, -0.2) is 9.97 Å². The molecule has 1 aromatic heterocycles. The number of aromatic nitrogens is 2. The molecule has 0 spiro atoms. The molecule has 3 heterocycles. The van der Waals surface area contributed by atoms with Gasteiger partial charge in [0.2, 0.25) is 5.91 Å². The summed E-state index contributed by atoms with van der Waals surface area (Å²) in [5.74, 6) is 1.46. The van der Waals surface area contributed by atoms with Crippen LogP contribution < -0.4 is 4.90 Å². The third-order valence-corrected chi connectivity index (χ3v) is 5.25. The Morgan fingerprint density at radius 3 is 2.87 bits per heavy atom. The number of ether oxygens (including phenoxy) is 1. The Hall–Kier alpha value is -1.69. The highest BCUT2D eigenvalue weighted by molar-refractivity contribution is 5.80. The minimum absolute atomic E-state index is 0.0915. The van der Waals surface area contributed by atoms with E-state index in [1.54, 1.807) is 6.33 Å². The predicted molar refractivity (Wildman–Crippen MR) is 86.4 cm³/mol. The second kappa shape index (κ2) is 6.43. The molecule has 0 N–H and O–H groups in total. The van der Waals surface area contributed by atoms with Gasteiger partial charge in [0.1, 0.15) is 12.1 Å². The van der Waals surface area contributed by atoms with Crippen molar-refractivity contribution < 1.29 is 9.53 Å². The monoisotopic (exact) mass is 316 g/mol. The van der Waals surface area contributed by atoms with Crippen LogP contribution in [0, 0.1) is 5.92 Å². The second-order valence-electron chi connectivity index (χ2n) is 6.70. The fourth-order valence-corrected chi connectivity index (χ4v) is 4.03. The molecule has 6 nitrogen and oxygen atoms in total. The Balaban J connectivity index is 1.49. The second-order valence-corrected chi connectivity index (χ2v) is 6.70. The largest absolute Gasteiger partial charge is 0.378 e. The van der Waals surface area contributed by atoms with Crippen LogP contribution in [-0.2, 0) is 22.4 Å². The SMILES string of the molecule is O=C(C1CCCN(c2ncnc3c2CCC3)C1)N1CCOCC1. The zero-order valence-corrected chi connectivity index (χ0v) is 13.5. The van der Waals surface area contributed by atoms with Crippen LogP contribution in [0.4, 0.5) is 5.82 Å². The van der Waals surface area contributed by atoms with E-state index >= 15 is 0 Å². The third-order valence-electron chi connectivity index (χ3n) is 5.25. The zero-order chi connectivity index (χ0) is 15.6. The molecule has 2 saturated heterocycles. The Morgan fingerprint density at radius 1 is 1.13 bits per heavy atom. The molecule has 4 rings (SSSR count). The van der Waals surface area contributed by atoms with Gasteiger partial charge in [0.25, 0.3) is 0 Å². The highest BCUT2D eigenvalue weighted by Gasteiger charge is 2.32. The van der Waals surface area contributed by atoms with Crippen LogP contribution in [0.2, 0.25) is 0 Å². The van der Waals surface area contributed by atoms with Crippen LogP contribution in [0.25, 0.3) is 0 Å². The number of carbonyl (C=O) groups is 1. The summed E-state index contributed by atoms with van der Waals surface area (Å²) in [7, 11) is 0. The Bertz CT molecular complexity index is 586. The van der Waals surface area contributed by atoms with Crippen molar-refractivity contribution in [2.45, 2.75) is 32.1 Å². The molecular formula is C17H24N4O2. The van der Waals surface area contributed by atoms with Crippen LogP contribution >= 0.6 is 0 Å². The van der Waals surface area contributed by atoms with Crippen molar-refractivity contribution in [1.82, 2.24) is 14.9 Å². The Kier molecular flexibility index (Phi) is 4.16. The van der Waals surface area contributed by atoms with Crippen molar-refractivity contribution in [3.63, 3.8) is 0 Å². The molecular weight excluding hydrogens is 292 g/mol. The molecule has 1 atom stereocenters. The summed E-state index contributed by atoms with van der Waals surface area (Å²) in [6.07, 6.45) is 7.04. The average Bonchev–Trinajstić information content (AvgIpc) is 3.10. The molecule has 1 unspecified atom stereocenters. The van der Waals surface area contributed by atoms with Gasteiger partial charge in [-0.15, -0.1) is 0 Å². The Labute approximate surface area is 136 Å². The lowest BCUT2D eigenvalue weighted by Crippen LogP contribution is -2.48. The summed E-state index contributed by atoms with van der Waals surface area (Å²) >= 11 is 0. The third kappa shape index (κ3) is 2.92. The number of morpholine rings is 1. The van der Waals surface area contributed by atoms with Gasteiger partial charge in [0.15, 0.2) is 0 Å². The van der Waals surface area contributed by atoms with E-state index < -0.39 is 0 Å². The van der Waals surface area contributed by atoms with Crippen LogP contribution in [0.5, 0.6) is 0 Å². The van der Waals surface area contributed by atoms with Crippen molar-refractivity contribution in [1.29, 1.82) is 0 Å². The van der Waals surface area contributed by atoms with E-state index in [1.165, 1.54) is 17.7 Å². The van der Waals surface area contributed by atoms with Gasteiger partial charge in [0.05, 0.1) is 19.1 Å². The molecule has 0 saturated carbocycles. The zero-order valence-electron chi connectivity index (χ0n) is 13.5. The maximum absolute atomic E-state index is 12.8. The van der Waals surface area contributed by atoms with Crippen molar-refractivity contribution in [3.8, 4) is 0 Å². The first-order chi connectivity index (χ1) is 11.3. The lowest BCUT2D eigenvalue weighted by molar-refractivity contribution is -0.139. The summed E-state index contributed by atoms with van der Waals surface area (Å²) in [6.45, 7) is 4.59. The number of aryl methyl sites for hydroxylation is 1. The van der Waals surface area contributed by atoms with Gasteiger partial charge in [0, 0.05) is 37.4 Å². The van der Waals surface area contributed by atoms with Gasteiger partial charge >= 0.3 is 0 Å². The number of nitrogens with zero attached hydrogens (tertiary/aromatic N) is 4. The molecule has 2 fully saturated rings. The van der Waals surface area contributed by atoms with E-state index in [0.717, 1.165) is 57.7 Å². The quantitative estimate of drug-likeness (QED) is 0.816. The lowest BCUT2D eigenvalue weighted by atomic mass is 9.96. The van der Waals surface area contributed by atoms with Crippen LogP contribution in [0.15, 0.2) is 6.33 Å². The van der Waals surface area contributed by atoms with Crippen molar-refractivity contribution >= 4 is 11.7 Å². The molecule has 1 aromatic rings. The Morgan fingerprint density at radius 2 is 2.00 bits per heavy atom. The first-order valence-corrected chi connectivity index (χ1v) is 8.77. The normalized spacial score (nSPS) is 24.6. The number of piperidine rings is 1. The predicted octanol–water partition coefficient (Wildman–Crippen LogP) is 1.04. The maximum Gasteiger partial charge on any atom is 0.227 e. The summed E-state index contributed by atoms with van der Waals surface area (Å²) in [5, 5.41) is 0. The molecule has 1 amide bonds. The van der Waals surface area contributed by atoms with Crippen LogP contribution in [0.1, 0.15) is 30.5 Å². The number of carbonyl (C=O) groups excluding carboxylic acids is 1. The fraction of sp³-hybridized carbons (Fsp3) is 0.706. The van der Waals surface area contributed by atoms with E-state index in [9.17, 15) is 4.79 Å². The molecule has 23 heavy (non-hydrogen) atoms. The van der Waals surface area contributed by atoms with E-state index in [-0.39, 0.29) is 5.92 Å². The fourth-order valence-electron chi connectivity index (χ4n) is 4.03. The van der Waals surface area contributed by atoms with Gasteiger partial charge < -0.3 is 14.5 Å². The topological polar surface area (TPSA) is 58.6 Å². The standard InChI is InChI=1S/C17H24N4O2/c22-17(20-7-9-23-10-8-20)13-3-2-6-21(11-13)16-14-4-1-5-15(14)18-12-19-16/h12-13H,1-11H2. The van der Waals surface area contributed by atoms with Crippen LogP contribution in [0.3, 0.4) is 0 Å². The molecule has 0 aromatic carbocycles. The van der Waals surface area contributed by atoms with Crippen molar-refractivity contribution in [2.75, 3.05) is 44.3 Å². The first-order valence-electron chi connectivity index (χ1n) is 8.77. The van der Waals surface area contributed by atoms with Gasteiger partial charge in [-0.1, -0.05) is 0 Å². The van der Waals surface area contributed by atoms with Crippen molar-refractivity contribution in [2.24, 2.45) is 5.92 Å². The van der Waals surface area contributed by atoms with Gasteiger partial charge in [-0.3, -0.25) is 4.79 Å². The van der Waals surface area contributed by atoms with Gasteiger partial charge in [-0.05, 0) is 32.1 Å². The highest BCUT2D eigenvalue weighted by atomic mass is 16.5. The number of anilines is 1. The maximum atomic E-state index is 12.8. The first kappa shape index (κ1) is 14.9. The molecule has 2 aliphatic heterocycles. The molecule has 1 aliphatic carbocycles. The lowest BCUT2D eigenvalue weighted by Gasteiger charge is -2.37. The molecule has 0 radical (unpaired) electrons. The molecule has 3 aliphatic rings. The minimum Gasteiger partial charge on any atom is -0.378 e. The molecule has 0 bridgehead atoms. The summed E-state index contributed by atoms with van der Waals surface area (Å²) in [4.78, 5) is 26.0. The van der Waals surface area contributed by atoms with E-state index in [4.69, 9.17) is 4.74 Å². The highest BCUT2D eigenvalue weighted by Crippen LogP contribution is 2.31. The molecule has 6 heteroatoms. The van der Waals surface area contributed by atoms with Crippen LogP contribution in [-0.4, -0.2) is 60.2 Å². The smallest absolute Gasteiger partial charge is 0.227 e. The average molecular weight is 316 g/mol. The summed E-state index contributed by atoms with van der Waals surface area (Å²) < 4.78 is 5.36.